The summed E-state index contributed by atoms with van der Waals surface area (Å²) < 4.78 is 22.6. The maximum atomic E-state index is 12.2. The molecule has 0 radical (unpaired) electrons. The lowest BCUT2D eigenvalue weighted by atomic mass is 9.98. The van der Waals surface area contributed by atoms with E-state index in [2.05, 4.69) is 4.98 Å². The smallest absolute Gasteiger partial charge is 0.237 e. The van der Waals surface area contributed by atoms with E-state index >= 15 is 0 Å². The van der Waals surface area contributed by atoms with E-state index in [1.165, 1.54) is 0 Å². The van der Waals surface area contributed by atoms with Gasteiger partial charge in [-0.3, -0.25) is 4.79 Å². The Labute approximate surface area is 204 Å². The summed E-state index contributed by atoms with van der Waals surface area (Å²) in [5.74, 6) is 3.44. The maximum absolute atomic E-state index is 12.2. The molecule has 1 aromatic carbocycles. The van der Waals surface area contributed by atoms with E-state index in [-0.39, 0.29) is 18.2 Å². The summed E-state index contributed by atoms with van der Waals surface area (Å²) in [4.78, 5) is 23.3. The van der Waals surface area contributed by atoms with Crippen molar-refractivity contribution in [1.82, 2.24) is 14.9 Å². The topological polar surface area (TPSA) is 111 Å². The Morgan fingerprint density at radius 1 is 1.20 bits per heavy atom. The molecule has 35 heavy (non-hydrogen) atoms. The molecule has 0 saturated heterocycles. The SMILES string of the molecule is COc1cc(C(C)c2ncc(C)c(-c3cc4c(o3)CCN(C(=O)CC#N)C4)n2)cc(OC)c1OC. The lowest BCUT2D eigenvalue weighted by Crippen LogP contribution is -2.35. The van der Waals surface area contributed by atoms with E-state index in [1.807, 2.05) is 38.1 Å². The number of carbonyl (C=O) groups excluding carboxylic acids is 1. The molecule has 4 rings (SSSR count). The normalized spacial score (nSPS) is 13.5. The molecule has 0 saturated carbocycles. The van der Waals surface area contributed by atoms with Crippen LogP contribution in [0.15, 0.2) is 28.8 Å². The molecule has 182 valence electrons. The van der Waals surface area contributed by atoms with Crippen LogP contribution >= 0.6 is 0 Å². The van der Waals surface area contributed by atoms with Crippen LogP contribution in [0.4, 0.5) is 0 Å². The number of methoxy groups -OCH3 is 3. The van der Waals surface area contributed by atoms with Crippen LogP contribution in [0.25, 0.3) is 11.5 Å². The van der Waals surface area contributed by atoms with Gasteiger partial charge in [0, 0.05) is 37.2 Å². The van der Waals surface area contributed by atoms with Crippen molar-refractivity contribution < 1.29 is 23.4 Å². The van der Waals surface area contributed by atoms with Crippen molar-refractivity contribution in [2.75, 3.05) is 27.9 Å². The quantitative estimate of drug-likeness (QED) is 0.503. The fraction of sp³-hybridized carbons (Fsp3) is 0.385. The van der Waals surface area contributed by atoms with Crippen LogP contribution in [0.3, 0.4) is 0 Å². The number of aryl methyl sites for hydroxylation is 1. The second kappa shape index (κ2) is 10.1. The number of nitriles is 1. The molecule has 2 aromatic heterocycles. The van der Waals surface area contributed by atoms with Gasteiger partial charge in [-0.05, 0) is 36.2 Å². The summed E-state index contributed by atoms with van der Waals surface area (Å²) in [5.41, 5.74) is 3.45. The number of rotatable bonds is 7. The van der Waals surface area contributed by atoms with Crippen molar-refractivity contribution in [3.63, 3.8) is 0 Å². The van der Waals surface area contributed by atoms with Crippen LogP contribution in [0, 0.1) is 18.3 Å². The van der Waals surface area contributed by atoms with E-state index in [0.717, 1.165) is 22.5 Å². The Balaban J connectivity index is 1.66. The minimum atomic E-state index is -0.166. The van der Waals surface area contributed by atoms with Crippen LogP contribution in [0.2, 0.25) is 0 Å². The highest BCUT2D eigenvalue weighted by Gasteiger charge is 2.26. The van der Waals surface area contributed by atoms with Crippen LogP contribution < -0.4 is 14.2 Å². The number of fused-ring (bicyclic) bond motifs is 1. The van der Waals surface area contributed by atoms with Crippen LogP contribution in [0.5, 0.6) is 17.2 Å². The van der Waals surface area contributed by atoms with Crippen LogP contribution in [-0.2, 0) is 17.8 Å². The zero-order valence-electron chi connectivity index (χ0n) is 20.5. The molecule has 1 atom stereocenters. The predicted octanol–water partition coefficient (Wildman–Crippen LogP) is 4.02. The van der Waals surface area contributed by atoms with E-state index < -0.39 is 0 Å². The summed E-state index contributed by atoms with van der Waals surface area (Å²) in [6.45, 7) is 4.92. The van der Waals surface area contributed by atoms with Crippen molar-refractivity contribution in [1.29, 1.82) is 5.26 Å². The van der Waals surface area contributed by atoms with Gasteiger partial charge in [0.05, 0.1) is 27.4 Å². The number of nitrogens with zero attached hydrogens (tertiary/aromatic N) is 4. The van der Waals surface area contributed by atoms with Gasteiger partial charge in [-0.1, -0.05) is 6.92 Å². The first kappa shape index (κ1) is 24.1. The summed E-state index contributed by atoms with van der Waals surface area (Å²) >= 11 is 0. The summed E-state index contributed by atoms with van der Waals surface area (Å²) in [6, 6.07) is 7.65. The first-order valence-electron chi connectivity index (χ1n) is 11.3. The number of furan rings is 1. The summed E-state index contributed by atoms with van der Waals surface area (Å²) in [5, 5.41) is 8.83. The monoisotopic (exact) mass is 476 g/mol. The molecule has 3 heterocycles. The Morgan fingerprint density at radius 2 is 1.91 bits per heavy atom. The number of ether oxygens (including phenoxy) is 3. The average Bonchev–Trinajstić information content (AvgIpc) is 3.30. The molecule has 3 aromatic rings. The van der Waals surface area contributed by atoms with E-state index in [0.29, 0.717) is 54.0 Å². The lowest BCUT2D eigenvalue weighted by molar-refractivity contribution is -0.131. The number of amides is 1. The van der Waals surface area contributed by atoms with Gasteiger partial charge in [-0.25, -0.2) is 9.97 Å². The van der Waals surface area contributed by atoms with Crippen molar-refractivity contribution in [2.24, 2.45) is 0 Å². The zero-order chi connectivity index (χ0) is 25.1. The molecule has 1 unspecified atom stereocenters. The van der Waals surface area contributed by atoms with E-state index in [4.69, 9.17) is 28.9 Å². The molecule has 0 aliphatic carbocycles. The molecule has 0 fully saturated rings. The molecule has 0 spiro atoms. The van der Waals surface area contributed by atoms with Crippen molar-refractivity contribution in [3.8, 4) is 34.8 Å². The molecule has 0 N–H and O–H groups in total. The first-order valence-corrected chi connectivity index (χ1v) is 11.3. The highest BCUT2D eigenvalue weighted by molar-refractivity contribution is 5.78. The molecular weight excluding hydrogens is 448 g/mol. The Morgan fingerprint density at radius 3 is 2.54 bits per heavy atom. The minimum absolute atomic E-state index is 0.118. The molecule has 1 amide bonds. The predicted molar refractivity (Wildman–Crippen MR) is 127 cm³/mol. The van der Waals surface area contributed by atoms with Gasteiger partial charge in [0.15, 0.2) is 17.3 Å². The van der Waals surface area contributed by atoms with Crippen LogP contribution in [-0.4, -0.2) is 48.6 Å². The standard InChI is InChI=1S/C26H28N4O5/c1-15-13-28-26(16(2)17-10-21(32-3)25(34-5)22(11-17)33-4)29-24(15)20-12-18-14-30(23(31)6-8-27)9-7-19(18)35-20/h10-13,16H,6-7,9,14H2,1-5H3. The first-order chi connectivity index (χ1) is 16.9. The highest BCUT2D eigenvalue weighted by atomic mass is 16.5. The van der Waals surface area contributed by atoms with Gasteiger partial charge < -0.3 is 23.5 Å². The fourth-order valence-electron chi connectivity index (χ4n) is 4.26. The largest absolute Gasteiger partial charge is 0.493 e. The third-order valence-electron chi connectivity index (χ3n) is 6.25. The second-order valence-electron chi connectivity index (χ2n) is 8.40. The molecule has 1 aliphatic heterocycles. The third-order valence-corrected chi connectivity index (χ3v) is 6.25. The summed E-state index contributed by atoms with van der Waals surface area (Å²) in [7, 11) is 4.74. The van der Waals surface area contributed by atoms with Crippen molar-refractivity contribution in [3.05, 3.63) is 52.7 Å². The summed E-state index contributed by atoms with van der Waals surface area (Å²) in [6.07, 6.45) is 2.27. The number of hydrogen-bond acceptors (Lipinski definition) is 8. The van der Waals surface area contributed by atoms with Crippen LogP contribution in [0.1, 0.15) is 47.5 Å². The zero-order valence-corrected chi connectivity index (χ0v) is 20.5. The van der Waals surface area contributed by atoms with Crippen molar-refractivity contribution >= 4 is 5.91 Å². The van der Waals surface area contributed by atoms with Gasteiger partial charge in [-0.15, -0.1) is 0 Å². The molecule has 9 heteroatoms. The van der Waals surface area contributed by atoms with Gasteiger partial charge in [0.2, 0.25) is 11.7 Å². The maximum Gasteiger partial charge on any atom is 0.237 e. The Kier molecular flexibility index (Phi) is 6.92. The van der Waals surface area contributed by atoms with Crippen molar-refractivity contribution in [2.45, 2.75) is 39.2 Å². The minimum Gasteiger partial charge on any atom is -0.493 e. The molecule has 9 nitrogen and oxygen atoms in total. The van der Waals surface area contributed by atoms with E-state index in [1.54, 1.807) is 32.4 Å². The molecule has 1 aliphatic rings. The average molecular weight is 477 g/mol. The van der Waals surface area contributed by atoms with Gasteiger partial charge >= 0.3 is 0 Å². The molecule has 0 bridgehead atoms. The molecular formula is C26H28N4O5. The third kappa shape index (κ3) is 4.64. The Hall–Kier alpha value is -4.06. The number of hydrogen-bond donors (Lipinski definition) is 0. The van der Waals surface area contributed by atoms with Gasteiger partial charge in [-0.2, -0.15) is 5.26 Å². The van der Waals surface area contributed by atoms with Gasteiger partial charge in [0.25, 0.3) is 0 Å². The highest BCUT2D eigenvalue weighted by Crippen LogP contribution is 2.41. The van der Waals surface area contributed by atoms with Gasteiger partial charge in [0.1, 0.15) is 23.7 Å². The number of carbonyl (C=O) groups is 1. The lowest BCUT2D eigenvalue weighted by Gasteiger charge is -2.25. The Bertz CT molecular complexity index is 1270. The number of aromatic nitrogens is 2. The van der Waals surface area contributed by atoms with E-state index in [9.17, 15) is 4.79 Å². The number of benzene rings is 1. The second-order valence-corrected chi connectivity index (χ2v) is 8.40. The fourth-order valence-corrected chi connectivity index (χ4v) is 4.26.